The fourth-order valence-electron chi connectivity index (χ4n) is 4.20. The summed E-state index contributed by atoms with van der Waals surface area (Å²) in [6.07, 6.45) is 5.67. The Kier molecular flexibility index (Phi) is 4.41. The molecule has 0 unspecified atom stereocenters. The molecule has 1 aromatic heterocycles. The van der Waals surface area contributed by atoms with Crippen LogP contribution in [0, 0.1) is 0 Å². The lowest BCUT2D eigenvalue weighted by Crippen LogP contribution is -2.34. The normalized spacial score (nSPS) is 19.1. The fraction of sp³-hybridized carbons (Fsp3) is 0.240. The molecular weight excluding hydrogens is 390 g/mol. The quantitative estimate of drug-likeness (QED) is 0.602. The van der Waals surface area contributed by atoms with E-state index in [1.54, 1.807) is 20.0 Å². The van der Waals surface area contributed by atoms with Crippen LogP contribution in [0.5, 0.6) is 17.2 Å². The van der Waals surface area contributed by atoms with E-state index in [4.69, 9.17) is 15.2 Å². The average Bonchev–Trinajstić information content (AvgIpc) is 3.15. The number of hydrogen-bond acceptors (Lipinski definition) is 6. The second kappa shape index (κ2) is 7.03. The smallest absolute Gasteiger partial charge is 0.132 e. The number of pyridine rings is 1. The first kappa shape index (κ1) is 19.5. The number of ether oxygens (including phenoxy) is 2. The standard InChI is InChI=1S/C25H25N3O3/c1-24(2,29)15-30-18-6-8-22-20(11-18)25(12-23(26)28-14-25)19-10-16(5-7-21(19)31-22)17-4-3-9-27-13-17/h3-13,28-29H,14-15,26H2,1-2H3/t25-/m0/s1. The number of nitrogens with zero attached hydrogens (tertiary/aromatic N) is 1. The minimum absolute atomic E-state index is 0.192. The van der Waals surface area contributed by atoms with Gasteiger partial charge < -0.3 is 25.6 Å². The van der Waals surface area contributed by atoms with Gasteiger partial charge in [-0.05, 0) is 61.9 Å². The number of aliphatic hydroxyl groups is 1. The molecule has 158 valence electrons. The van der Waals surface area contributed by atoms with Crippen LogP contribution in [0.3, 0.4) is 0 Å². The van der Waals surface area contributed by atoms with E-state index in [-0.39, 0.29) is 6.61 Å². The van der Waals surface area contributed by atoms with Crippen LogP contribution in [0.2, 0.25) is 0 Å². The Hall–Kier alpha value is -3.51. The van der Waals surface area contributed by atoms with E-state index in [1.165, 1.54) is 0 Å². The van der Waals surface area contributed by atoms with Gasteiger partial charge in [-0.2, -0.15) is 0 Å². The van der Waals surface area contributed by atoms with Gasteiger partial charge in [-0.15, -0.1) is 0 Å². The zero-order chi connectivity index (χ0) is 21.6. The Balaban J connectivity index is 1.63. The van der Waals surface area contributed by atoms with Crippen LogP contribution in [0.15, 0.2) is 72.8 Å². The Bertz CT molecular complexity index is 1170. The maximum absolute atomic E-state index is 10.0. The molecule has 4 N–H and O–H groups in total. The molecule has 2 aromatic carbocycles. The largest absolute Gasteiger partial charge is 0.491 e. The van der Waals surface area contributed by atoms with E-state index in [2.05, 4.69) is 22.4 Å². The van der Waals surface area contributed by atoms with Gasteiger partial charge in [0.1, 0.15) is 23.9 Å². The van der Waals surface area contributed by atoms with Gasteiger partial charge in [0.05, 0.1) is 16.8 Å². The zero-order valence-corrected chi connectivity index (χ0v) is 17.6. The summed E-state index contributed by atoms with van der Waals surface area (Å²) < 4.78 is 12.1. The minimum Gasteiger partial charge on any atom is -0.491 e. The average molecular weight is 415 g/mol. The predicted molar refractivity (Wildman–Crippen MR) is 119 cm³/mol. The zero-order valence-electron chi connectivity index (χ0n) is 17.6. The highest BCUT2D eigenvalue weighted by Crippen LogP contribution is 2.52. The van der Waals surface area contributed by atoms with Crippen LogP contribution in [0.25, 0.3) is 11.1 Å². The highest BCUT2D eigenvalue weighted by molar-refractivity contribution is 5.70. The van der Waals surface area contributed by atoms with E-state index in [0.717, 1.165) is 33.8 Å². The maximum atomic E-state index is 10.0. The van der Waals surface area contributed by atoms with Crippen molar-refractivity contribution in [1.29, 1.82) is 0 Å². The SMILES string of the molecule is CC(C)(O)COc1ccc2c(c1)[C@]1(C=C(N)NC1)c1cc(-c3cccnc3)ccc1O2. The molecule has 0 aliphatic carbocycles. The summed E-state index contributed by atoms with van der Waals surface area (Å²) in [6, 6.07) is 15.9. The molecule has 3 aromatic rings. The highest BCUT2D eigenvalue weighted by Gasteiger charge is 2.44. The maximum Gasteiger partial charge on any atom is 0.132 e. The molecule has 6 nitrogen and oxygen atoms in total. The van der Waals surface area contributed by atoms with Crippen molar-refractivity contribution in [3.05, 3.63) is 83.9 Å². The van der Waals surface area contributed by atoms with Crippen LogP contribution in [-0.2, 0) is 5.41 Å². The van der Waals surface area contributed by atoms with Crippen LogP contribution in [-0.4, -0.2) is 28.8 Å². The van der Waals surface area contributed by atoms with Gasteiger partial charge in [0, 0.05) is 35.6 Å². The van der Waals surface area contributed by atoms with Crippen LogP contribution in [0.1, 0.15) is 25.0 Å². The van der Waals surface area contributed by atoms with E-state index in [0.29, 0.717) is 18.1 Å². The molecule has 0 fully saturated rings. The third-order valence-corrected chi connectivity index (χ3v) is 5.67. The first-order chi connectivity index (χ1) is 14.8. The van der Waals surface area contributed by atoms with Gasteiger partial charge in [0.15, 0.2) is 0 Å². The molecule has 31 heavy (non-hydrogen) atoms. The summed E-state index contributed by atoms with van der Waals surface area (Å²) in [6.45, 7) is 4.25. The molecule has 3 heterocycles. The molecule has 2 aliphatic heterocycles. The van der Waals surface area contributed by atoms with Crippen LogP contribution in [0.4, 0.5) is 0 Å². The van der Waals surface area contributed by atoms with Gasteiger partial charge >= 0.3 is 0 Å². The monoisotopic (exact) mass is 415 g/mol. The third-order valence-electron chi connectivity index (χ3n) is 5.67. The molecule has 1 spiro atoms. The number of benzene rings is 2. The molecule has 0 amide bonds. The topological polar surface area (TPSA) is 89.6 Å². The Morgan fingerprint density at radius 3 is 2.58 bits per heavy atom. The first-order valence-corrected chi connectivity index (χ1v) is 10.3. The van der Waals surface area contributed by atoms with Crippen molar-refractivity contribution < 1.29 is 14.6 Å². The lowest BCUT2D eigenvalue weighted by Gasteiger charge is -2.36. The van der Waals surface area contributed by atoms with Crippen molar-refractivity contribution >= 4 is 0 Å². The summed E-state index contributed by atoms with van der Waals surface area (Å²) in [7, 11) is 0. The fourth-order valence-corrected chi connectivity index (χ4v) is 4.20. The minimum atomic E-state index is -0.922. The van der Waals surface area contributed by atoms with Crippen LogP contribution < -0.4 is 20.5 Å². The number of hydrogen-bond donors (Lipinski definition) is 3. The number of rotatable bonds is 4. The molecule has 6 heteroatoms. The van der Waals surface area contributed by atoms with Crippen molar-refractivity contribution in [3.8, 4) is 28.4 Å². The molecule has 0 radical (unpaired) electrons. The van der Waals surface area contributed by atoms with Crippen molar-refractivity contribution in [2.75, 3.05) is 13.2 Å². The van der Waals surface area contributed by atoms with Gasteiger partial charge in [-0.1, -0.05) is 12.1 Å². The van der Waals surface area contributed by atoms with Gasteiger partial charge in [0.2, 0.25) is 0 Å². The summed E-state index contributed by atoms with van der Waals surface area (Å²) in [5, 5.41) is 13.3. The molecule has 1 atom stereocenters. The van der Waals surface area contributed by atoms with Crippen LogP contribution >= 0.6 is 0 Å². The van der Waals surface area contributed by atoms with Crippen molar-refractivity contribution in [2.45, 2.75) is 24.9 Å². The second-order valence-corrected chi connectivity index (χ2v) is 8.74. The van der Waals surface area contributed by atoms with E-state index in [1.807, 2.05) is 48.7 Å². The Labute approximate surface area is 181 Å². The first-order valence-electron chi connectivity index (χ1n) is 10.3. The Morgan fingerprint density at radius 2 is 1.90 bits per heavy atom. The lowest BCUT2D eigenvalue weighted by molar-refractivity contribution is 0.0284. The predicted octanol–water partition coefficient (Wildman–Crippen LogP) is 3.69. The highest BCUT2D eigenvalue weighted by atomic mass is 16.5. The summed E-state index contributed by atoms with van der Waals surface area (Å²) >= 11 is 0. The van der Waals surface area contributed by atoms with Crippen molar-refractivity contribution in [1.82, 2.24) is 10.3 Å². The summed E-state index contributed by atoms with van der Waals surface area (Å²) in [4.78, 5) is 4.25. The summed E-state index contributed by atoms with van der Waals surface area (Å²) in [5.41, 5.74) is 8.90. The number of nitrogens with two attached hydrogens (primary N) is 1. The number of aromatic nitrogens is 1. The van der Waals surface area contributed by atoms with Gasteiger partial charge in [0.25, 0.3) is 0 Å². The van der Waals surface area contributed by atoms with E-state index >= 15 is 0 Å². The third kappa shape index (κ3) is 3.49. The molecular formula is C25H25N3O3. The molecule has 5 rings (SSSR count). The molecule has 0 bridgehead atoms. The molecule has 0 saturated heterocycles. The summed E-state index contributed by atoms with van der Waals surface area (Å²) in [5.74, 6) is 2.88. The van der Waals surface area contributed by atoms with E-state index in [9.17, 15) is 5.11 Å². The number of fused-ring (bicyclic) bond motifs is 4. The van der Waals surface area contributed by atoms with Gasteiger partial charge in [-0.25, -0.2) is 0 Å². The van der Waals surface area contributed by atoms with Crippen molar-refractivity contribution in [2.24, 2.45) is 5.73 Å². The molecule has 0 saturated carbocycles. The lowest BCUT2D eigenvalue weighted by atomic mass is 9.72. The molecule has 2 aliphatic rings. The number of nitrogens with one attached hydrogen (secondary N) is 1. The van der Waals surface area contributed by atoms with Gasteiger partial charge in [-0.3, -0.25) is 4.98 Å². The second-order valence-electron chi connectivity index (χ2n) is 8.74. The Morgan fingerprint density at radius 1 is 1.13 bits per heavy atom. The van der Waals surface area contributed by atoms with Crippen molar-refractivity contribution in [3.63, 3.8) is 0 Å². The van der Waals surface area contributed by atoms with E-state index < -0.39 is 11.0 Å².